The van der Waals surface area contributed by atoms with Gasteiger partial charge in [0, 0.05) is 20.2 Å². The molecule has 3 aliphatic rings. The molecule has 6 nitrogen and oxygen atoms in total. The van der Waals surface area contributed by atoms with Crippen molar-refractivity contribution in [3.05, 3.63) is 0 Å². The van der Waals surface area contributed by atoms with Crippen LogP contribution in [0.1, 0.15) is 25.7 Å². The number of rotatable bonds is 4. The highest BCUT2D eigenvalue weighted by Gasteiger charge is 2.34. The fraction of sp³-hybridized carbons (Fsp3) is 0.933. The SMILES string of the molecule is COC1CNCCC1C1=NOCC(CN2CCCCC2)O1. The van der Waals surface area contributed by atoms with Crippen LogP contribution >= 0.6 is 0 Å². The van der Waals surface area contributed by atoms with Gasteiger partial charge in [-0.15, -0.1) is 0 Å². The maximum absolute atomic E-state index is 6.14. The van der Waals surface area contributed by atoms with Gasteiger partial charge in [0.1, 0.15) is 6.10 Å². The van der Waals surface area contributed by atoms with Crippen LogP contribution in [0.3, 0.4) is 0 Å². The number of oxime groups is 1. The molecule has 0 radical (unpaired) electrons. The molecule has 3 rings (SSSR count). The minimum Gasteiger partial charge on any atom is -0.470 e. The number of piperidine rings is 2. The molecule has 0 bridgehead atoms. The second-order valence-corrected chi connectivity index (χ2v) is 6.20. The lowest BCUT2D eigenvalue weighted by Crippen LogP contribution is -2.49. The number of likely N-dealkylation sites (tertiary alicyclic amines) is 1. The van der Waals surface area contributed by atoms with Gasteiger partial charge in [-0.05, 0) is 38.9 Å². The van der Waals surface area contributed by atoms with Crippen molar-refractivity contribution in [2.45, 2.75) is 37.9 Å². The van der Waals surface area contributed by atoms with Crippen molar-refractivity contribution in [2.24, 2.45) is 11.1 Å². The van der Waals surface area contributed by atoms with E-state index in [2.05, 4.69) is 15.4 Å². The van der Waals surface area contributed by atoms with Crippen LogP contribution < -0.4 is 5.32 Å². The van der Waals surface area contributed by atoms with E-state index in [1.54, 1.807) is 7.11 Å². The maximum atomic E-state index is 6.14. The standard InChI is InChI=1S/C15H27N3O3/c1-19-14-9-16-6-5-13(14)15-17-20-11-12(21-15)10-18-7-3-2-4-8-18/h12-14,16H,2-11H2,1H3. The fourth-order valence-electron chi connectivity index (χ4n) is 3.45. The molecule has 3 unspecified atom stereocenters. The summed E-state index contributed by atoms with van der Waals surface area (Å²) >= 11 is 0. The number of hydrogen-bond acceptors (Lipinski definition) is 6. The van der Waals surface area contributed by atoms with Crippen LogP contribution in [0.15, 0.2) is 5.16 Å². The molecule has 6 heteroatoms. The van der Waals surface area contributed by atoms with Gasteiger partial charge < -0.3 is 19.6 Å². The Morgan fingerprint density at radius 1 is 1.33 bits per heavy atom. The lowest BCUT2D eigenvalue weighted by Gasteiger charge is -2.36. The first kappa shape index (κ1) is 15.1. The van der Waals surface area contributed by atoms with Gasteiger partial charge in [-0.2, -0.15) is 0 Å². The number of nitrogens with zero attached hydrogens (tertiary/aromatic N) is 2. The highest BCUT2D eigenvalue weighted by molar-refractivity contribution is 5.79. The Balaban J connectivity index is 1.55. The van der Waals surface area contributed by atoms with Gasteiger partial charge in [0.25, 0.3) is 0 Å². The van der Waals surface area contributed by atoms with Crippen molar-refractivity contribution < 1.29 is 14.3 Å². The summed E-state index contributed by atoms with van der Waals surface area (Å²) in [5.74, 6) is 0.942. The second-order valence-electron chi connectivity index (χ2n) is 6.20. The van der Waals surface area contributed by atoms with E-state index < -0.39 is 0 Å². The quantitative estimate of drug-likeness (QED) is 0.833. The van der Waals surface area contributed by atoms with Crippen LogP contribution in [0, 0.1) is 5.92 Å². The third-order valence-corrected chi connectivity index (χ3v) is 4.66. The predicted octanol–water partition coefficient (Wildman–Crippen LogP) is 0.826. The number of nitrogens with one attached hydrogen (secondary N) is 1. The smallest absolute Gasteiger partial charge is 0.231 e. The Bertz CT molecular complexity index is 358. The van der Waals surface area contributed by atoms with Gasteiger partial charge in [-0.25, -0.2) is 0 Å². The summed E-state index contributed by atoms with van der Waals surface area (Å²) in [5.41, 5.74) is 0. The van der Waals surface area contributed by atoms with Crippen LogP contribution in [0.4, 0.5) is 0 Å². The zero-order valence-electron chi connectivity index (χ0n) is 12.9. The van der Waals surface area contributed by atoms with E-state index in [-0.39, 0.29) is 18.1 Å². The number of ether oxygens (including phenoxy) is 2. The Hall–Kier alpha value is -0.850. The molecular formula is C15H27N3O3. The Labute approximate surface area is 126 Å². The van der Waals surface area contributed by atoms with E-state index >= 15 is 0 Å². The summed E-state index contributed by atoms with van der Waals surface area (Å²) in [6.07, 6.45) is 5.16. The van der Waals surface area contributed by atoms with Crippen LogP contribution in [0.2, 0.25) is 0 Å². The zero-order chi connectivity index (χ0) is 14.5. The van der Waals surface area contributed by atoms with E-state index in [4.69, 9.17) is 14.3 Å². The van der Waals surface area contributed by atoms with Gasteiger partial charge in [0.05, 0.1) is 12.0 Å². The molecule has 0 amide bonds. The summed E-state index contributed by atoms with van der Waals surface area (Å²) in [6, 6.07) is 0. The van der Waals surface area contributed by atoms with Crippen molar-refractivity contribution in [1.82, 2.24) is 10.2 Å². The molecule has 3 atom stereocenters. The third-order valence-electron chi connectivity index (χ3n) is 4.66. The second kappa shape index (κ2) is 7.42. The molecule has 0 aromatic heterocycles. The Kier molecular flexibility index (Phi) is 5.32. The average Bonchev–Trinajstić information content (AvgIpc) is 2.56. The Morgan fingerprint density at radius 2 is 2.19 bits per heavy atom. The highest BCUT2D eigenvalue weighted by Crippen LogP contribution is 2.22. The molecule has 0 spiro atoms. The largest absolute Gasteiger partial charge is 0.470 e. The topological polar surface area (TPSA) is 55.3 Å². The highest BCUT2D eigenvalue weighted by atomic mass is 16.7. The van der Waals surface area contributed by atoms with Crippen LogP contribution in [-0.2, 0) is 14.3 Å². The van der Waals surface area contributed by atoms with Gasteiger partial charge in [0.2, 0.25) is 5.90 Å². The first-order chi connectivity index (χ1) is 10.4. The third kappa shape index (κ3) is 3.87. The van der Waals surface area contributed by atoms with Gasteiger partial charge in [0.15, 0.2) is 6.61 Å². The summed E-state index contributed by atoms with van der Waals surface area (Å²) in [5, 5.41) is 7.51. The first-order valence-corrected chi connectivity index (χ1v) is 8.19. The van der Waals surface area contributed by atoms with Crippen molar-refractivity contribution in [3.63, 3.8) is 0 Å². The predicted molar refractivity (Wildman–Crippen MR) is 80.3 cm³/mol. The van der Waals surface area contributed by atoms with Crippen molar-refractivity contribution in [1.29, 1.82) is 0 Å². The zero-order valence-corrected chi connectivity index (χ0v) is 12.9. The van der Waals surface area contributed by atoms with E-state index in [1.807, 2.05) is 0 Å². The van der Waals surface area contributed by atoms with Crippen molar-refractivity contribution in [3.8, 4) is 0 Å². The first-order valence-electron chi connectivity index (χ1n) is 8.19. The molecular weight excluding hydrogens is 270 g/mol. The normalized spacial score (nSPS) is 34.7. The molecule has 3 heterocycles. The fourth-order valence-corrected chi connectivity index (χ4v) is 3.45. The molecule has 3 aliphatic heterocycles. The van der Waals surface area contributed by atoms with Gasteiger partial charge >= 0.3 is 0 Å². The van der Waals surface area contributed by atoms with Crippen LogP contribution in [-0.4, -0.2) is 69.4 Å². The summed E-state index contributed by atoms with van der Waals surface area (Å²) in [6.45, 7) is 5.69. The molecule has 0 aliphatic carbocycles. The van der Waals surface area contributed by atoms with Gasteiger partial charge in [-0.3, -0.25) is 4.90 Å². The molecule has 0 aromatic carbocycles. The molecule has 120 valence electrons. The lowest BCUT2D eigenvalue weighted by molar-refractivity contribution is -0.0281. The van der Waals surface area contributed by atoms with Crippen molar-refractivity contribution in [2.75, 3.05) is 46.4 Å². The maximum Gasteiger partial charge on any atom is 0.231 e. The lowest BCUT2D eigenvalue weighted by atomic mass is 9.94. The molecule has 2 saturated heterocycles. The van der Waals surface area contributed by atoms with E-state index in [9.17, 15) is 0 Å². The van der Waals surface area contributed by atoms with E-state index in [0.29, 0.717) is 6.61 Å². The van der Waals surface area contributed by atoms with E-state index in [0.717, 1.165) is 32.0 Å². The summed E-state index contributed by atoms with van der Waals surface area (Å²) in [7, 11) is 1.75. The average molecular weight is 297 g/mol. The molecule has 0 saturated carbocycles. The van der Waals surface area contributed by atoms with Crippen LogP contribution in [0.25, 0.3) is 0 Å². The summed E-state index contributed by atoms with van der Waals surface area (Å²) in [4.78, 5) is 7.93. The minimum atomic E-state index is 0.1000. The molecule has 21 heavy (non-hydrogen) atoms. The number of hydrogen-bond donors (Lipinski definition) is 1. The molecule has 1 N–H and O–H groups in total. The monoisotopic (exact) mass is 297 g/mol. The van der Waals surface area contributed by atoms with Crippen molar-refractivity contribution >= 4 is 5.90 Å². The molecule has 0 aromatic rings. The summed E-state index contributed by atoms with van der Waals surface area (Å²) < 4.78 is 11.7. The minimum absolute atomic E-state index is 0.1000. The number of methoxy groups -OCH3 is 1. The molecule has 2 fully saturated rings. The van der Waals surface area contributed by atoms with E-state index in [1.165, 1.54) is 32.4 Å². The Morgan fingerprint density at radius 3 is 3.00 bits per heavy atom. The van der Waals surface area contributed by atoms with Crippen LogP contribution in [0.5, 0.6) is 0 Å². The van der Waals surface area contributed by atoms with Gasteiger partial charge in [-0.1, -0.05) is 11.6 Å².